The van der Waals surface area contributed by atoms with Crippen LogP contribution in [0.2, 0.25) is 0 Å². The third kappa shape index (κ3) is 4.43. The predicted molar refractivity (Wildman–Crippen MR) is 116 cm³/mol. The molecule has 1 N–H and O–H groups in total. The highest BCUT2D eigenvalue weighted by Crippen LogP contribution is 2.32. The van der Waals surface area contributed by atoms with Crippen molar-refractivity contribution in [3.8, 4) is 0 Å². The largest absolute Gasteiger partial charge is 0.320 e. The van der Waals surface area contributed by atoms with Gasteiger partial charge in [-0.3, -0.25) is 4.79 Å². The molecular weight excluding hydrogens is 420 g/mol. The van der Waals surface area contributed by atoms with Gasteiger partial charge in [-0.25, -0.2) is 8.42 Å². The molecule has 156 valence electrons. The number of carbonyl (C=O) groups excluding carboxylic acids is 1. The highest BCUT2D eigenvalue weighted by atomic mass is 32.2. The predicted octanol–water partition coefficient (Wildman–Crippen LogP) is 3.67. The maximum absolute atomic E-state index is 12.9. The van der Waals surface area contributed by atoms with E-state index in [1.165, 1.54) is 15.6 Å². The molecule has 1 fully saturated rings. The van der Waals surface area contributed by atoms with Crippen LogP contribution in [0.15, 0.2) is 59.5 Å². The first kappa shape index (κ1) is 20.6. The van der Waals surface area contributed by atoms with Gasteiger partial charge in [0.2, 0.25) is 15.0 Å². The normalized spacial score (nSPS) is 17.6. The molecule has 9 heteroatoms. The number of amides is 1. The van der Waals surface area contributed by atoms with E-state index >= 15 is 0 Å². The van der Waals surface area contributed by atoms with Crippen LogP contribution in [0.5, 0.6) is 0 Å². The van der Waals surface area contributed by atoms with Crippen molar-refractivity contribution in [2.75, 3.05) is 18.4 Å². The lowest BCUT2D eigenvalue weighted by Gasteiger charge is -2.30. The summed E-state index contributed by atoms with van der Waals surface area (Å²) in [7, 11) is -3.55. The van der Waals surface area contributed by atoms with Crippen molar-refractivity contribution in [1.29, 1.82) is 0 Å². The molecule has 1 aliphatic rings. The second-order valence-electron chi connectivity index (χ2n) is 7.28. The number of nitrogens with one attached hydrogen (secondary N) is 1. The van der Waals surface area contributed by atoms with E-state index in [0.29, 0.717) is 28.7 Å². The number of nitrogens with zero attached hydrogens (tertiary/aromatic N) is 3. The number of carbonyl (C=O) groups is 1. The highest BCUT2D eigenvalue weighted by molar-refractivity contribution is 7.89. The Hall–Kier alpha value is -2.62. The molecule has 30 heavy (non-hydrogen) atoms. The maximum atomic E-state index is 12.9. The average molecular weight is 443 g/mol. The van der Waals surface area contributed by atoms with E-state index in [-0.39, 0.29) is 16.8 Å². The number of benzene rings is 2. The Labute approximate surface area is 179 Å². The summed E-state index contributed by atoms with van der Waals surface area (Å²) >= 11 is 1.22. The molecule has 0 unspecified atom stereocenters. The lowest BCUT2D eigenvalue weighted by atomic mass is 10.0. The van der Waals surface area contributed by atoms with E-state index in [1.54, 1.807) is 30.3 Å². The van der Waals surface area contributed by atoms with Crippen LogP contribution in [-0.2, 0) is 10.0 Å². The summed E-state index contributed by atoms with van der Waals surface area (Å²) in [5.41, 5.74) is 1.80. The van der Waals surface area contributed by atoms with Crippen LogP contribution < -0.4 is 5.32 Å². The molecule has 3 aromatic rings. The van der Waals surface area contributed by atoms with Crippen molar-refractivity contribution in [1.82, 2.24) is 14.5 Å². The van der Waals surface area contributed by atoms with Crippen LogP contribution in [0, 0.1) is 6.92 Å². The zero-order valence-electron chi connectivity index (χ0n) is 16.5. The first-order chi connectivity index (χ1) is 14.4. The van der Waals surface area contributed by atoms with E-state index in [1.807, 2.05) is 31.2 Å². The molecule has 0 aliphatic carbocycles. The number of hydrogen-bond donors (Lipinski definition) is 1. The fourth-order valence-corrected chi connectivity index (χ4v) is 5.83. The summed E-state index contributed by atoms with van der Waals surface area (Å²) < 4.78 is 27.4. The monoisotopic (exact) mass is 442 g/mol. The van der Waals surface area contributed by atoms with E-state index in [9.17, 15) is 13.2 Å². The molecule has 1 aromatic heterocycles. The number of hydrogen-bond acceptors (Lipinski definition) is 6. The Balaban J connectivity index is 1.46. The van der Waals surface area contributed by atoms with Crippen LogP contribution in [0.4, 0.5) is 5.69 Å². The molecule has 1 aliphatic heterocycles. The third-order valence-electron chi connectivity index (χ3n) is 5.06. The number of aryl methyl sites for hydroxylation is 1. The number of piperidine rings is 1. The molecule has 1 saturated heterocycles. The van der Waals surface area contributed by atoms with Crippen LogP contribution in [0.25, 0.3) is 0 Å². The van der Waals surface area contributed by atoms with E-state index in [2.05, 4.69) is 15.5 Å². The summed E-state index contributed by atoms with van der Waals surface area (Å²) in [4.78, 5) is 12.8. The Bertz CT molecular complexity index is 1130. The Morgan fingerprint density at radius 3 is 2.57 bits per heavy atom. The minimum Gasteiger partial charge on any atom is -0.320 e. The smallest absolute Gasteiger partial charge is 0.286 e. The molecule has 0 spiro atoms. The van der Waals surface area contributed by atoms with Gasteiger partial charge in [0.15, 0.2) is 0 Å². The van der Waals surface area contributed by atoms with Crippen LogP contribution in [0.1, 0.15) is 39.1 Å². The quantitative estimate of drug-likeness (QED) is 0.651. The second-order valence-corrected chi connectivity index (χ2v) is 10.2. The SMILES string of the molecule is Cc1ccc(NC(=O)c2nnc([C@@H]3CCCN(S(=O)(=O)c4ccccc4)C3)s2)cc1. The first-order valence-electron chi connectivity index (χ1n) is 9.70. The van der Waals surface area contributed by atoms with Gasteiger partial charge in [-0.2, -0.15) is 4.31 Å². The van der Waals surface area contributed by atoms with Crippen molar-refractivity contribution in [2.24, 2.45) is 0 Å². The van der Waals surface area contributed by atoms with Gasteiger partial charge in [-0.15, -0.1) is 10.2 Å². The minimum atomic E-state index is -3.55. The summed E-state index contributed by atoms with van der Waals surface area (Å²) in [6, 6.07) is 16.0. The highest BCUT2D eigenvalue weighted by Gasteiger charge is 2.32. The zero-order chi connectivity index (χ0) is 21.1. The summed E-state index contributed by atoms with van der Waals surface area (Å²) in [5.74, 6) is -0.386. The van der Waals surface area contributed by atoms with E-state index < -0.39 is 10.0 Å². The molecule has 7 nitrogen and oxygen atoms in total. The summed E-state index contributed by atoms with van der Waals surface area (Å²) in [6.07, 6.45) is 1.55. The molecule has 2 heterocycles. The van der Waals surface area contributed by atoms with Gasteiger partial charge in [-0.1, -0.05) is 47.2 Å². The summed E-state index contributed by atoms with van der Waals surface area (Å²) in [6.45, 7) is 2.80. The van der Waals surface area contributed by atoms with Crippen LogP contribution in [0.3, 0.4) is 0 Å². The fraction of sp³-hybridized carbons (Fsp3) is 0.286. The van der Waals surface area contributed by atoms with E-state index in [4.69, 9.17) is 0 Å². The average Bonchev–Trinajstić information content (AvgIpc) is 3.27. The molecular formula is C21H22N4O3S2. The molecule has 1 amide bonds. The van der Waals surface area contributed by atoms with Crippen LogP contribution in [-0.4, -0.2) is 41.9 Å². The lowest BCUT2D eigenvalue weighted by molar-refractivity contribution is 0.102. The molecule has 0 saturated carbocycles. The molecule has 0 radical (unpaired) electrons. The second kappa shape index (κ2) is 8.63. The van der Waals surface area contributed by atoms with Gasteiger partial charge in [0.25, 0.3) is 5.91 Å². The number of sulfonamides is 1. The van der Waals surface area contributed by atoms with Gasteiger partial charge in [0.1, 0.15) is 5.01 Å². The Kier molecular flexibility index (Phi) is 5.94. The van der Waals surface area contributed by atoms with Gasteiger partial charge in [-0.05, 0) is 44.0 Å². The van der Waals surface area contributed by atoms with Gasteiger partial charge in [0, 0.05) is 24.7 Å². The molecule has 0 bridgehead atoms. The van der Waals surface area contributed by atoms with Gasteiger partial charge >= 0.3 is 0 Å². The maximum Gasteiger partial charge on any atom is 0.286 e. The Morgan fingerprint density at radius 2 is 1.83 bits per heavy atom. The van der Waals surface area contributed by atoms with Crippen molar-refractivity contribution >= 4 is 33.0 Å². The number of aromatic nitrogens is 2. The topological polar surface area (TPSA) is 92.3 Å². The van der Waals surface area contributed by atoms with Crippen molar-refractivity contribution in [3.63, 3.8) is 0 Å². The standard InChI is InChI=1S/C21H22N4O3S2/c1-15-9-11-17(12-10-15)22-19(26)21-24-23-20(29-21)16-6-5-13-25(14-16)30(27,28)18-7-3-2-4-8-18/h2-4,7-12,16H,5-6,13-14H2,1H3,(H,22,26)/t16-/m1/s1. The van der Waals surface area contributed by atoms with Crippen molar-refractivity contribution in [3.05, 3.63) is 70.2 Å². The summed E-state index contributed by atoms with van der Waals surface area (Å²) in [5, 5.41) is 12.0. The number of rotatable bonds is 5. The fourth-order valence-electron chi connectivity index (χ4n) is 3.42. The Morgan fingerprint density at radius 1 is 1.10 bits per heavy atom. The van der Waals surface area contributed by atoms with Gasteiger partial charge in [0.05, 0.1) is 4.90 Å². The molecule has 4 rings (SSSR count). The first-order valence-corrected chi connectivity index (χ1v) is 12.0. The third-order valence-corrected chi connectivity index (χ3v) is 8.02. The van der Waals surface area contributed by atoms with Crippen molar-refractivity contribution in [2.45, 2.75) is 30.6 Å². The van der Waals surface area contributed by atoms with Gasteiger partial charge < -0.3 is 5.32 Å². The zero-order valence-corrected chi connectivity index (χ0v) is 18.1. The van der Waals surface area contributed by atoms with Crippen molar-refractivity contribution < 1.29 is 13.2 Å². The molecule has 2 aromatic carbocycles. The number of anilines is 1. The lowest BCUT2D eigenvalue weighted by Crippen LogP contribution is -2.39. The molecule has 1 atom stereocenters. The van der Waals surface area contributed by atoms with Crippen LogP contribution >= 0.6 is 11.3 Å². The van der Waals surface area contributed by atoms with E-state index in [0.717, 1.165) is 18.4 Å². The minimum absolute atomic E-state index is 0.0735.